The van der Waals surface area contributed by atoms with Crippen molar-refractivity contribution in [2.45, 2.75) is 25.1 Å². The van der Waals surface area contributed by atoms with Crippen LogP contribution in [0.2, 0.25) is 5.02 Å². The number of anilines is 1. The molecule has 0 saturated heterocycles. The molecule has 0 aliphatic carbocycles. The van der Waals surface area contributed by atoms with E-state index in [-0.39, 0.29) is 36.4 Å². The maximum atomic E-state index is 13.6. The van der Waals surface area contributed by atoms with Crippen molar-refractivity contribution in [2.75, 3.05) is 31.6 Å². The van der Waals surface area contributed by atoms with Gasteiger partial charge in [0.2, 0.25) is 0 Å². The maximum Gasteiger partial charge on any atom is 0.417 e. The Hall–Kier alpha value is -3.72. The van der Waals surface area contributed by atoms with Crippen LogP contribution in [0.15, 0.2) is 103 Å². The highest BCUT2D eigenvalue weighted by atomic mass is 35.5. The number of halogens is 5. The van der Waals surface area contributed by atoms with Crippen LogP contribution in [0.3, 0.4) is 0 Å². The molecule has 4 aromatic rings. The number of nitrogens with one attached hydrogen (secondary N) is 1. The first-order chi connectivity index (χ1) is 20.2. The third-order valence-electron chi connectivity index (χ3n) is 6.79. The molecule has 0 aliphatic heterocycles. The first-order valence-corrected chi connectivity index (χ1v) is 13.9. The second kappa shape index (κ2) is 16.2. The lowest BCUT2D eigenvalue weighted by Crippen LogP contribution is -2.31. The molecule has 0 saturated carbocycles. The van der Waals surface area contributed by atoms with Crippen LogP contribution in [0.25, 0.3) is 0 Å². The first-order valence-electron chi connectivity index (χ1n) is 13.6. The molecule has 0 unspecified atom stereocenters. The summed E-state index contributed by atoms with van der Waals surface area (Å²) in [5.41, 5.74) is 2.40. The van der Waals surface area contributed by atoms with Crippen LogP contribution >= 0.6 is 24.0 Å². The van der Waals surface area contributed by atoms with Gasteiger partial charge in [-0.15, -0.1) is 12.4 Å². The fourth-order valence-electron chi connectivity index (χ4n) is 4.78. The molecule has 0 bridgehead atoms. The molecular formula is C33H33Cl2F3N2O3. The number of carboxylic acids is 1. The molecule has 0 amide bonds. The molecule has 0 fully saturated rings. The Morgan fingerprint density at radius 2 is 1.53 bits per heavy atom. The molecule has 0 aliphatic rings. The molecule has 0 radical (unpaired) electrons. The third kappa shape index (κ3) is 10.2. The average Bonchev–Trinajstić information content (AvgIpc) is 2.98. The SMILES string of the molecule is Cl.O=C(O)CNc1cccc(OCCCN(Cc2cccc(C(F)(F)F)c2Cl)CC(c2ccccc2)c2ccccc2)c1. The monoisotopic (exact) mass is 632 g/mol. The molecule has 0 spiro atoms. The molecule has 4 rings (SSSR count). The van der Waals surface area contributed by atoms with Gasteiger partial charge in [-0.1, -0.05) is 90.5 Å². The molecular weight excluding hydrogens is 600 g/mol. The van der Waals surface area contributed by atoms with Crippen molar-refractivity contribution < 1.29 is 27.8 Å². The minimum Gasteiger partial charge on any atom is -0.493 e. The Morgan fingerprint density at radius 3 is 2.14 bits per heavy atom. The zero-order valence-electron chi connectivity index (χ0n) is 23.3. The van der Waals surface area contributed by atoms with E-state index < -0.39 is 17.7 Å². The van der Waals surface area contributed by atoms with Gasteiger partial charge in [-0.3, -0.25) is 9.69 Å². The van der Waals surface area contributed by atoms with Gasteiger partial charge in [-0.25, -0.2) is 0 Å². The fourth-order valence-corrected chi connectivity index (χ4v) is 5.07. The number of rotatable bonds is 14. The van der Waals surface area contributed by atoms with Gasteiger partial charge in [-0.2, -0.15) is 13.2 Å². The number of benzene rings is 4. The molecule has 0 aromatic heterocycles. The number of alkyl halides is 3. The van der Waals surface area contributed by atoms with Gasteiger partial charge in [0, 0.05) is 37.3 Å². The van der Waals surface area contributed by atoms with E-state index in [1.54, 1.807) is 30.3 Å². The largest absolute Gasteiger partial charge is 0.493 e. The van der Waals surface area contributed by atoms with Crippen LogP contribution in [0.4, 0.5) is 18.9 Å². The van der Waals surface area contributed by atoms with E-state index in [0.29, 0.717) is 43.1 Å². The lowest BCUT2D eigenvalue weighted by Gasteiger charge is -2.29. The van der Waals surface area contributed by atoms with Gasteiger partial charge in [0.05, 0.1) is 17.2 Å². The molecule has 228 valence electrons. The zero-order valence-corrected chi connectivity index (χ0v) is 24.8. The standard InChI is InChI=1S/C33H32ClF3N2O3.ClH/c34-32-26(14-7-17-30(32)33(35,36)37)22-39(18-9-19-42-28-16-8-15-27(20-28)38-21-31(40)41)23-29(24-10-3-1-4-11-24)25-12-5-2-6-13-25;/h1-8,10-17,20,29,38H,9,18-19,21-23H2,(H,40,41);1H. The van der Waals surface area contributed by atoms with Crippen LogP contribution in [0, 0.1) is 0 Å². The summed E-state index contributed by atoms with van der Waals surface area (Å²) < 4.78 is 46.7. The predicted molar refractivity (Wildman–Crippen MR) is 166 cm³/mol. The van der Waals surface area contributed by atoms with Gasteiger partial charge < -0.3 is 15.2 Å². The molecule has 10 heteroatoms. The van der Waals surface area contributed by atoms with Gasteiger partial charge in [0.15, 0.2) is 0 Å². The number of nitrogens with zero attached hydrogens (tertiary/aromatic N) is 1. The van der Waals surface area contributed by atoms with E-state index in [2.05, 4.69) is 34.5 Å². The minimum atomic E-state index is -4.55. The molecule has 43 heavy (non-hydrogen) atoms. The van der Waals surface area contributed by atoms with Crippen molar-refractivity contribution in [3.63, 3.8) is 0 Å². The summed E-state index contributed by atoms with van der Waals surface area (Å²) in [5, 5.41) is 11.4. The summed E-state index contributed by atoms with van der Waals surface area (Å²) in [4.78, 5) is 13.0. The van der Waals surface area contributed by atoms with E-state index in [1.165, 1.54) is 6.07 Å². The number of carboxylic acid groups (broad SMARTS) is 1. The summed E-state index contributed by atoms with van der Waals surface area (Å²) in [5.74, 6) is -0.397. The molecule has 4 aromatic carbocycles. The first kappa shape index (κ1) is 33.8. The van der Waals surface area contributed by atoms with Gasteiger partial charge in [-0.05, 0) is 41.3 Å². The molecule has 0 atom stereocenters. The summed E-state index contributed by atoms with van der Waals surface area (Å²) in [6.07, 6.45) is -3.95. The highest BCUT2D eigenvalue weighted by molar-refractivity contribution is 6.32. The highest BCUT2D eigenvalue weighted by Gasteiger charge is 2.34. The predicted octanol–water partition coefficient (Wildman–Crippen LogP) is 8.38. The Kier molecular flexibility index (Phi) is 12.7. The van der Waals surface area contributed by atoms with Gasteiger partial charge in [0.1, 0.15) is 12.3 Å². The number of ether oxygens (including phenoxy) is 1. The summed E-state index contributed by atoms with van der Waals surface area (Å²) in [6, 6.07) is 31.1. The minimum absolute atomic E-state index is 0. The van der Waals surface area contributed by atoms with Crippen molar-refractivity contribution >= 4 is 35.7 Å². The second-order valence-corrected chi connectivity index (χ2v) is 10.2. The summed E-state index contributed by atoms with van der Waals surface area (Å²) in [6.45, 7) is 1.47. The van der Waals surface area contributed by atoms with Crippen molar-refractivity contribution in [3.8, 4) is 5.75 Å². The average molecular weight is 634 g/mol. The molecule has 0 heterocycles. The maximum absolute atomic E-state index is 13.6. The number of hydrogen-bond donors (Lipinski definition) is 2. The number of aliphatic carboxylic acids is 1. The second-order valence-electron chi connectivity index (χ2n) is 9.86. The van der Waals surface area contributed by atoms with Crippen molar-refractivity contribution in [1.29, 1.82) is 0 Å². The lowest BCUT2D eigenvalue weighted by atomic mass is 9.90. The van der Waals surface area contributed by atoms with Crippen LogP contribution < -0.4 is 10.1 Å². The van der Waals surface area contributed by atoms with Crippen LogP contribution in [-0.2, 0) is 17.5 Å². The normalized spacial score (nSPS) is 11.3. The Bertz CT molecular complexity index is 1400. The van der Waals surface area contributed by atoms with Crippen LogP contribution in [0.1, 0.15) is 34.6 Å². The highest BCUT2D eigenvalue weighted by Crippen LogP contribution is 2.37. The third-order valence-corrected chi connectivity index (χ3v) is 7.23. The van der Waals surface area contributed by atoms with Crippen molar-refractivity contribution in [2.24, 2.45) is 0 Å². The Morgan fingerprint density at radius 1 is 0.907 bits per heavy atom. The zero-order chi connectivity index (χ0) is 30.0. The van der Waals surface area contributed by atoms with E-state index >= 15 is 0 Å². The number of carbonyl (C=O) groups is 1. The fraction of sp³-hybridized carbons (Fsp3) is 0.242. The Balaban J connectivity index is 0.00000506. The van der Waals surface area contributed by atoms with E-state index in [0.717, 1.165) is 17.2 Å². The smallest absolute Gasteiger partial charge is 0.417 e. The lowest BCUT2D eigenvalue weighted by molar-refractivity contribution is -0.137. The van der Waals surface area contributed by atoms with E-state index in [1.807, 2.05) is 36.4 Å². The molecule has 2 N–H and O–H groups in total. The van der Waals surface area contributed by atoms with Crippen molar-refractivity contribution in [3.05, 3.63) is 130 Å². The van der Waals surface area contributed by atoms with Gasteiger partial charge in [0.25, 0.3) is 0 Å². The van der Waals surface area contributed by atoms with Gasteiger partial charge >= 0.3 is 12.1 Å². The number of hydrogen-bond acceptors (Lipinski definition) is 4. The Labute approximate surface area is 260 Å². The van der Waals surface area contributed by atoms with Crippen LogP contribution in [-0.4, -0.2) is 42.2 Å². The van der Waals surface area contributed by atoms with E-state index in [4.69, 9.17) is 21.4 Å². The topological polar surface area (TPSA) is 61.8 Å². The quantitative estimate of drug-likeness (QED) is 0.137. The van der Waals surface area contributed by atoms with Crippen LogP contribution in [0.5, 0.6) is 5.75 Å². The van der Waals surface area contributed by atoms with E-state index in [9.17, 15) is 18.0 Å². The summed E-state index contributed by atoms with van der Waals surface area (Å²) >= 11 is 6.30. The molecule has 5 nitrogen and oxygen atoms in total. The summed E-state index contributed by atoms with van der Waals surface area (Å²) in [7, 11) is 0. The van der Waals surface area contributed by atoms with Crippen molar-refractivity contribution in [1.82, 2.24) is 4.90 Å².